The minimum atomic E-state index is -0.314. The summed E-state index contributed by atoms with van der Waals surface area (Å²) >= 11 is 5.21. The highest BCUT2D eigenvalue weighted by atomic mass is 35.5. The van der Waals surface area contributed by atoms with E-state index in [1.807, 2.05) is 0 Å². The second-order valence-electron chi connectivity index (χ2n) is 2.48. The first kappa shape index (κ1) is 10.3. The average Bonchev–Trinajstić information content (AvgIpc) is 1.82. The second kappa shape index (κ2) is 4.99. The highest BCUT2D eigenvalue weighted by molar-refractivity contribution is 7.95. The monoisotopic (exact) mass is 183 g/mol. The van der Waals surface area contributed by atoms with E-state index in [0.29, 0.717) is 10.9 Å². The number of quaternary nitrogens is 1. The van der Waals surface area contributed by atoms with E-state index in [0.717, 1.165) is 12.2 Å². The van der Waals surface area contributed by atoms with Gasteiger partial charge in [0.05, 0.1) is 18.9 Å². The van der Waals surface area contributed by atoms with Gasteiger partial charge in [0.1, 0.15) is 5.75 Å². The lowest BCUT2D eigenvalue weighted by Gasteiger charge is -1.99. The lowest BCUT2D eigenvalue weighted by molar-refractivity contribution is -0.401. The molecule has 0 aliphatic rings. The maximum atomic E-state index is 10.5. The molecule has 0 unspecified atom stereocenters. The minimum absolute atomic E-state index is 0.212. The molecule has 0 heterocycles. The Labute approximate surface area is 69.5 Å². The van der Waals surface area contributed by atoms with Crippen LogP contribution in [0, 0.1) is 0 Å². The number of rotatable bonds is 4. The molecule has 3 N–H and O–H groups in total. The minimum Gasteiger partial charge on any atom is -0.348 e. The highest BCUT2D eigenvalue weighted by Crippen LogP contribution is 1.95. The molecule has 0 amide bonds. The van der Waals surface area contributed by atoms with Gasteiger partial charge in [-0.2, -0.15) is 0 Å². The molecule has 1 atom stereocenters. The van der Waals surface area contributed by atoms with E-state index < -0.39 is 0 Å². The fraction of sp³-hybridized carbons (Fsp3) is 0.833. The molecular weight excluding hydrogens is 170 g/mol. The third-order valence-electron chi connectivity index (χ3n) is 1.20. The van der Waals surface area contributed by atoms with E-state index >= 15 is 0 Å². The van der Waals surface area contributed by atoms with Crippen molar-refractivity contribution in [2.45, 2.75) is 12.5 Å². The normalized spacial score (nSPS) is 13.7. The van der Waals surface area contributed by atoms with Gasteiger partial charge in [-0.05, 0) is 22.5 Å². The molecule has 0 aliphatic carbocycles. The molecule has 0 aromatic rings. The van der Waals surface area contributed by atoms with Crippen LogP contribution in [0.3, 0.4) is 0 Å². The average molecular weight is 184 g/mol. The molecule has 0 spiro atoms. The van der Waals surface area contributed by atoms with Crippen LogP contribution in [0.5, 0.6) is 0 Å². The summed E-state index contributed by atoms with van der Waals surface area (Å²) in [6.07, 6.45) is 5.11. The van der Waals surface area contributed by atoms with E-state index in [-0.39, 0.29) is 11.3 Å². The van der Waals surface area contributed by atoms with Crippen LogP contribution in [0.2, 0.25) is 0 Å². The quantitative estimate of drug-likeness (QED) is 0.469. The molecule has 0 aromatic heterocycles. The Morgan fingerprint density at radius 3 is 2.50 bits per heavy atom. The van der Waals surface area contributed by atoms with Crippen molar-refractivity contribution in [2.75, 3.05) is 18.3 Å². The Kier molecular flexibility index (Phi) is 5.13. The second-order valence-corrected chi connectivity index (χ2v) is 5.23. The molecule has 0 saturated heterocycles. The molecular formula is C6H14ClNOS+2. The molecule has 4 heteroatoms. The van der Waals surface area contributed by atoms with Gasteiger partial charge in [-0.3, -0.25) is 4.79 Å². The van der Waals surface area contributed by atoms with Gasteiger partial charge in [-0.15, -0.1) is 0 Å². The first-order valence-corrected chi connectivity index (χ1v) is 5.69. The zero-order valence-electron chi connectivity index (χ0n) is 6.39. The number of hydrogen-bond acceptors (Lipinski definition) is 1. The first-order valence-electron chi connectivity index (χ1n) is 3.10. The lowest BCUT2D eigenvalue weighted by Crippen LogP contribution is -2.64. The Balaban J connectivity index is 3.40. The molecule has 2 nitrogen and oxygen atoms in total. The Morgan fingerprint density at radius 1 is 1.70 bits per heavy atom. The summed E-state index contributed by atoms with van der Waals surface area (Å²) in [5, 5.41) is -0.314. The largest absolute Gasteiger partial charge is 0.348 e. The third kappa shape index (κ3) is 5.09. The summed E-state index contributed by atoms with van der Waals surface area (Å²) in [7, 11) is 0.396. The zero-order valence-corrected chi connectivity index (χ0v) is 7.97. The molecule has 10 heavy (non-hydrogen) atoms. The van der Waals surface area contributed by atoms with Gasteiger partial charge < -0.3 is 5.73 Å². The highest BCUT2D eigenvalue weighted by Gasteiger charge is 2.16. The van der Waals surface area contributed by atoms with Crippen molar-refractivity contribution in [3.05, 3.63) is 0 Å². The maximum Gasteiger partial charge on any atom is 0.279 e. The Morgan fingerprint density at radius 2 is 2.20 bits per heavy atom. The molecule has 0 radical (unpaired) electrons. The van der Waals surface area contributed by atoms with E-state index in [4.69, 9.17) is 11.6 Å². The van der Waals surface area contributed by atoms with Gasteiger partial charge in [0.2, 0.25) is 0 Å². The fourth-order valence-corrected chi connectivity index (χ4v) is 1.36. The van der Waals surface area contributed by atoms with Crippen LogP contribution < -0.4 is 5.73 Å². The Bertz CT molecular complexity index is 118. The Hall–Kier alpha value is 0.270. The number of carbonyl (C=O) groups excluding carboxylic acids is 1. The summed E-state index contributed by atoms with van der Waals surface area (Å²) in [6, 6.07) is -0.212. The molecule has 0 aromatic carbocycles. The third-order valence-corrected chi connectivity index (χ3v) is 2.56. The van der Waals surface area contributed by atoms with Crippen LogP contribution in [0.25, 0.3) is 0 Å². The summed E-state index contributed by atoms with van der Waals surface area (Å²) in [4.78, 5) is 10.5. The molecule has 60 valence electrons. The van der Waals surface area contributed by atoms with Gasteiger partial charge in [0.15, 0.2) is 6.04 Å². The van der Waals surface area contributed by atoms with Crippen LogP contribution in [-0.2, 0) is 15.7 Å². The predicted molar refractivity (Wildman–Crippen MR) is 46.2 cm³/mol. The maximum absolute atomic E-state index is 10.5. The topological polar surface area (TPSA) is 44.7 Å². The number of hydrogen-bond donors (Lipinski definition) is 1. The van der Waals surface area contributed by atoms with Crippen LogP contribution in [0.4, 0.5) is 0 Å². The SMILES string of the molecule is C[S+](C)CC[C@H]([NH3+])C(=O)Cl. The van der Waals surface area contributed by atoms with Gasteiger partial charge in [0, 0.05) is 0 Å². The van der Waals surface area contributed by atoms with Crippen molar-refractivity contribution in [1.82, 2.24) is 0 Å². The molecule has 0 rings (SSSR count). The molecule has 0 fully saturated rings. The van der Waals surface area contributed by atoms with Gasteiger partial charge >= 0.3 is 0 Å². The van der Waals surface area contributed by atoms with Crippen molar-refractivity contribution < 1.29 is 10.5 Å². The van der Waals surface area contributed by atoms with E-state index in [1.165, 1.54) is 0 Å². The van der Waals surface area contributed by atoms with Crippen LogP contribution >= 0.6 is 11.6 Å². The predicted octanol–water partition coefficient (Wildman–Crippen LogP) is -0.370. The molecule has 0 aliphatic heterocycles. The molecule has 0 bridgehead atoms. The lowest BCUT2D eigenvalue weighted by atomic mass is 10.3. The smallest absolute Gasteiger partial charge is 0.279 e. The van der Waals surface area contributed by atoms with Crippen molar-refractivity contribution in [1.29, 1.82) is 0 Å². The van der Waals surface area contributed by atoms with Gasteiger partial charge in [-0.25, -0.2) is 0 Å². The van der Waals surface area contributed by atoms with Crippen LogP contribution in [0.1, 0.15) is 6.42 Å². The van der Waals surface area contributed by atoms with Gasteiger partial charge in [-0.1, -0.05) is 0 Å². The fourth-order valence-electron chi connectivity index (χ4n) is 0.491. The van der Waals surface area contributed by atoms with E-state index in [9.17, 15) is 4.79 Å². The van der Waals surface area contributed by atoms with Gasteiger partial charge in [0.25, 0.3) is 5.24 Å². The summed E-state index contributed by atoms with van der Waals surface area (Å²) < 4.78 is 0. The van der Waals surface area contributed by atoms with Crippen molar-refractivity contribution in [3.63, 3.8) is 0 Å². The van der Waals surface area contributed by atoms with Crippen LogP contribution in [-0.4, -0.2) is 29.5 Å². The van der Waals surface area contributed by atoms with E-state index in [1.54, 1.807) is 0 Å². The molecule has 0 saturated carbocycles. The van der Waals surface area contributed by atoms with Crippen molar-refractivity contribution in [2.24, 2.45) is 0 Å². The zero-order chi connectivity index (χ0) is 8.15. The van der Waals surface area contributed by atoms with Crippen molar-refractivity contribution >= 4 is 27.7 Å². The summed E-state index contributed by atoms with van der Waals surface area (Å²) in [5.41, 5.74) is 3.63. The van der Waals surface area contributed by atoms with E-state index in [2.05, 4.69) is 18.2 Å². The number of carbonyl (C=O) groups is 1. The standard InChI is InChI=1S/C6H13ClNOS/c1-10(2)4-3-5(8)6(7)9/h5H,3-4,8H2,1-2H3/q+1/p+1/t5-/m0/s1. The van der Waals surface area contributed by atoms with Crippen molar-refractivity contribution in [3.8, 4) is 0 Å². The van der Waals surface area contributed by atoms with Crippen LogP contribution in [0.15, 0.2) is 0 Å². The summed E-state index contributed by atoms with van der Waals surface area (Å²) in [5.74, 6) is 1.05. The first-order chi connectivity index (χ1) is 4.54. The summed E-state index contributed by atoms with van der Waals surface area (Å²) in [6.45, 7) is 0. The number of halogens is 1.